The summed E-state index contributed by atoms with van der Waals surface area (Å²) in [6, 6.07) is 8.55. The van der Waals surface area contributed by atoms with Crippen LogP contribution in [0.5, 0.6) is 5.75 Å². The quantitative estimate of drug-likeness (QED) is 0.746. The summed E-state index contributed by atoms with van der Waals surface area (Å²) < 4.78 is 5.62. The number of hydrogen-bond donors (Lipinski definition) is 1. The molecule has 0 amide bonds. The first-order chi connectivity index (χ1) is 7.40. The van der Waals surface area contributed by atoms with Gasteiger partial charge in [0.25, 0.3) is 0 Å². The lowest BCUT2D eigenvalue weighted by atomic mass is 9.94. The second kappa shape index (κ2) is 5.17. The Kier molecular flexibility index (Phi) is 3.62. The van der Waals surface area contributed by atoms with Crippen molar-refractivity contribution in [2.24, 2.45) is 0 Å². The minimum absolute atomic E-state index is 0.717. The molecule has 0 spiro atoms. The molecule has 1 saturated heterocycles. The predicted molar refractivity (Wildman–Crippen MR) is 62.5 cm³/mol. The number of unbranched alkanes of at least 4 members (excludes halogenated alkanes) is 1. The van der Waals surface area contributed by atoms with Gasteiger partial charge >= 0.3 is 0 Å². The Labute approximate surface area is 91.6 Å². The molecule has 15 heavy (non-hydrogen) atoms. The van der Waals surface area contributed by atoms with Gasteiger partial charge in [0.1, 0.15) is 5.75 Å². The highest BCUT2D eigenvalue weighted by Gasteiger charge is 2.18. The monoisotopic (exact) mass is 205 g/mol. The van der Waals surface area contributed by atoms with Crippen molar-refractivity contribution < 1.29 is 4.74 Å². The van der Waals surface area contributed by atoms with Gasteiger partial charge in [-0.25, -0.2) is 0 Å². The molecule has 1 aliphatic rings. The van der Waals surface area contributed by atoms with E-state index in [2.05, 4.69) is 36.5 Å². The van der Waals surface area contributed by atoms with E-state index in [1.807, 2.05) is 0 Å². The Morgan fingerprint density at radius 2 is 2.00 bits per heavy atom. The van der Waals surface area contributed by atoms with E-state index in [1.165, 1.54) is 12.0 Å². The third-order valence-electron chi connectivity index (χ3n) is 2.90. The third-order valence-corrected chi connectivity index (χ3v) is 2.90. The molecule has 1 aliphatic heterocycles. The average Bonchev–Trinajstić information content (AvgIpc) is 2.18. The molecule has 0 saturated carbocycles. The molecule has 1 heterocycles. The van der Waals surface area contributed by atoms with Crippen LogP contribution in [0.25, 0.3) is 0 Å². The summed E-state index contributed by atoms with van der Waals surface area (Å²) in [6.07, 6.45) is 2.32. The Bertz CT molecular complexity index is 290. The molecule has 2 heteroatoms. The van der Waals surface area contributed by atoms with E-state index in [0.717, 1.165) is 37.8 Å². The van der Waals surface area contributed by atoms with Crippen LogP contribution in [0.1, 0.15) is 31.2 Å². The van der Waals surface area contributed by atoms with Gasteiger partial charge in [-0.05, 0) is 24.1 Å². The van der Waals surface area contributed by atoms with Gasteiger partial charge in [-0.1, -0.05) is 25.5 Å². The number of ether oxygens (including phenoxy) is 1. The molecule has 1 aromatic rings. The maximum atomic E-state index is 5.62. The molecule has 0 aliphatic carbocycles. The molecule has 2 nitrogen and oxygen atoms in total. The highest BCUT2D eigenvalue weighted by atomic mass is 16.5. The van der Waals surface area contributed by atoms with E-state index in [1.54, 1.807) is 0 Å². The van der Waals surface area contributed by atoms with Gasteiger partial charge in [0.15, 0.2) is 0 Å². The Morgan fingerprint density at radius 1 is 1.27 bits per heavy atom. The van der Waals surface area contributed by atoms with E-state index < -0.39 is 0 Å². The minimum atomic E-state index is 0.717. The molecule has 2 rings (SSSR count). The zero-order chi connectivity index (χ0) is 10.5. The lowest BCUT2D eigenvalue weighted by Crippen LogP contribution is -2.39. The molecule has 0 atom stereocenters. The first-order valence-corrected chi connectivity index (χ1v) is 5.83. The predicted octanol–water partition coefficient (Wildman–Crippen LogP) is 2.55. The van der Waals surface area contributed by atoms with Gasteiger partial charge in [-0.3, -0.25) is 0 Å². The van der Waals surface area contributed by atoms with Crippen LogP contribution in [0.2, 0.25) is 0 Å². The second-order valence-electron chi connectivity index (χ2n) is 4.13. The summed E-state index contributed by atoms with van der Waals surface area (Å²) in [5.41, 5.74) is 1.43. The fraction of sp³-hybridized carbons (Fsp3) is 0.538. The highest BCUT2D eigenvalue weighted by molar-refractivity contribution is 5.30. The summed E-state index contributed by atoms with van der Waals surface area (Å²) in [5.74, 6) is 1.72. The van der Waals surface area contributed by atoms with E-state index in [4.69, 9.17) is 4.74 Å². The van der Waals surface area contributed by atoms with E-state index in [-0.39, 0.29) is 0 Å². The van der Waals surface area contributed by atoms with Crippen molar-refractivity contribution in [2.45, 2.75) is 25.7 Å². The molecular weight excluding hydrogens is 186 g/mol. The summed E-state index contributed by atoms with van der Waals surface area (Å²) in [5, 5.41) is 3.28. The van der Waals surface area contributed by atoms with Gasteiger partial charge < -0.3 is 10.1 Å². The minimum Gasteiger partial charge on any atom is -0.494 e. The van der Waals surface area contributed by atoms with E-state index in [9.17, 15) is 0 Å². The van der Waals surface area contributed by atoms with E-state index >= 15 is 0 Å². The van der Waals surface area contributed by atoms with Crippen molar-refractivity contribution in [1.29, 1.82) is 0 Å². The van der Waals surface area contributed by atoms with Crippen molar-refractivity contribution in [3.05, 3.63) is 29.8 Å². The Balaban J connectivity index is 1.86. The fourth-order valence-electron chi connectivity index (χ4n) is 1.69. The van der Waals surface area contributed by atoms with Gasteiger partial charge in [0.05, 0.1) is 6.61 Å². The first-order valence-electron chi connectivity index (χ1n) is 5.83. The molecule has 1 fully saturated rings. The highest BCUT2D eigenvalue weighted by Crippen LogP contribution is 2.22. The molecule has 82 valence electrons. The van der Waals surface area contributed by atoms with E-state index in [0.29, 0.717) is 0 Å². The second-order valence-corrected chi connectivity index (χ2v) is 4.13. The van der Waals surface area contributed by atoms with Crippen molar-refractivity contribution in [2.75, 3.05) is 19.7 Å². The van der Waals surface area contributed by atoms with Crippen LogP contribution in [0.15, 0.2) is 24.3 Å². The average molecular weight is 205 g/mol. The number of benzene rings is 1. The molecular formula is C13H19NO. The van der Waals surface area contributed by atoms with Crippen LogP contribution in [0.4, 0.5) is 0 Å². The SMILES string of the molecule is CCCCOc1ccc(C2CNC2)cc1. The van der Waals surface area contributed by atoms with Crippen LogP contribution >= 0.6 is 0 Å². The fourth-order valence-corrected chi connectivity index (χ4v) is 1.69. The van der Waals surface area contributed by atoms with Gasteiger partial charge in [-0.2, -0.15) is 0 Å². The molecule has 0 aromatic heterocycles. The lowest BCUT2D eigenvalue weighted by Gasteiger charge is -2.27. The summed E-state index contributed by atoms with van der Waals surface area (Å²) in [7, 11) is 0. The molecule has 0 radical (unpaired) electrons. The Morgan fingerprint density at radius 3 is 2.53 bits per heavy atom. The van der Waals surface area contributed by atoms with Crippen molar-refractivity contribution in [3.63, 3.8) is 0 Å². The largest absolute Gasteiger partial charge is 0.494 e. The lowest BCUT2D eigenvalue weighted by molar-refractivity contribution is 0.309. The molecule has 0 bridgehead atoms. The van der Waals surface area contributed by atoms with Crippen LogP contribution in [0.3, 0.4) is 0 Å². The number of hydrogen-bond acceptors (Lipinski definition) is 2. The zero-order valence-electron chi connectivity index (χ0n) is 9.33. The van der Waals surface area contributed by atoms with Crippen LogP contribution in [-0.4, -0.2) is 19.7 Å². The Hall–Kier alpha value is -1.02. The van der Waals surface area contributed by atoms with Gasteiger partial charge in [-0.15, -0.1) is 0 Å². The van der Waals surface area contributed by atoms with Gasteiger partial charge in [0, 0.05) is 19.0 Å². The summed E-state index contributed by atoms with van der Waals surface area (Å²) in [4.78, 5) is 0. The maximum absolute atomic E-state index is 5.62. The standard InChI is InChI=1S/C13H19NO/c1-2-3-8-15-13-6-4-11(5-7-13)12-9-14-10-12/h4-7,12,14H,2-3,8-10H2,1H3. The van der Waals surface area contributed by atoms with Crippen molar-refractivity contribution in [1.82, 2.24) is 5.32 Å². The smallest absolute Gasteiger partial charge is 0.119 e. The van der Waals surface area contributed by atoms with Crippen LogP contribution < -0.4 is 10.1 Å². The van der Waals surface area contributed by atoms with Crippen molar-refractivity contribution >= 4 is 0 Å². The molecule has 1 aromatic carbocycles. The van der Waals surface area contributed by atoms with Crippen LogP contribution in [-0.2, 0) is 0 Å². The normalized spacial score (nSPS) is 16.1. The van der Waals surface area contributed by atoms with Gasteiger partial charge in [0.2, 0.25) is 0 Å². The number of rotatable bonds is 5. The maximum Gasteiger partial charge on any atom is 0.119 e. The third kappa shape index (κ3) is 2.72. The zero-order valence-corrected chi connectivity index (χ0v) is 9.33. The van der Waals surface area contributed by atoms with Crippen LogP contribution in [0, 0.1) is 0 Å². The topological polar surface area (TPSA) is 21.3 Å². The van der Waals surface area contributed by atoms with Crippen molar-refractivity contribution in [3.8, 4) is 5.75 Å². The molecule has 0 unspecified atom stereocenters. The first kappa shape index (κ1) is 10.5. The number of nitrogens with one attached hydrogen (secondary N) is 1. The summed E-state index contributed by atoms with van der Waals surface area (Å²) in [6.45, 7) is 5.25. The molecule has 1 N–H and O–H groups in total. The summed E-state index contributed by atoms with van der Waals surface area (Å²) >= 11 is 0.